The van der Waals surface area contributed by atoms with Gasteiger partial charge in [-0.15, -0.1) is 0 Å². The van der Waals surface area contributed by atoms with Crippen LogP contribution in [0.3, 0.4) is 0 Å². The van der Waals surface area contributed by atoms with Gasteiger partial charge in [0.05, 0.1) is 25.6 Å². The Morgan fingerprint density at radius 1 is 0.500 bits per heavy atom. The van der Waals surface area contributed by atoms with Crippen LogP contribution in [0.4, 0.5) is 11.4 Å². The molecule has 0 spiro atoms. The molecular weight excluding hydrogens is 428 g/mol. The Balaban J connectivity index is 1.37. The second kappa shape index (κ2) is 10.5. The monoisotopic (exact) mass is 456 g/mol. The van der Waals surface area contributed by atoms with Crippen LogP contribution in [0.5, 0.6) is 34.5 Å². The van der Waals surface area contributed by atoms with Gasteiger partial charge in [-0.1, -0.05) is 6.07 Å². The van der Waals surface area contributed by atoms with Crippen molar-refractivity contribution in [3.8, 4) is 34.5 Å². The molecule has 0 radical (unpaired) electrons. The molecule has 0 fully saturated rings. The van der Waals surface area contributed by atoms with Crippen LogP contribution in [0.2, 0.25) is 0 Å². The quantitative estimate of drug-likeness (QED) is 0.257. The smallest absolute Gasteiger partial charge is 0.131 e. The first-order valence-corrected chi connectivity index (χ1v) is 10.9. The van der Waals surface area contributed by atoms with Gasteiger partial charge >= 0.3 is 0 Å². The highest BCUT2D eigenvalue weighted by atomic mass is 16.5. The molecule has 0 aliphatic heterocycles. The molecule has 2 N–H and O–H groups in total. The molecule has 0 atom stereocenters. The van der Waals surface area contributed by atoms with E-state index in [1.54, 1.807) is 14.2 Å². The lowest BCUT2D eigenvalue weighted by Gasteiger charge is -2.15. The highest BCUT2D eigenvalue weighted by molar-refractivity contribution is 5.58. The third-order valence-electron chi connectivity index (χ3n) is 5.26. The maximum Gasteiger partial charge on any atom is 0.131 e. The summed E-state index contributed by atoms with van der Waals surface area (Å²) in [5, 5.41) is 0. The predicted molar refractivity (Wildman–Crippen MR) is 136 cm³/mol. The standard InChI is InChI=1S/C28H28N2O4/c1-19-16-21(8-14-27(19)33-24-12-10-23(31-3)11-13-24)29-30-22-9-15-28(20(2)17-22)34-26-7-5-6-25(18-26)32-4/h5-18,29-30H,1-4H3. The van der Waals surface area contributed by atoms with Gasteiger partial charge in [0.1, 0.15) is 34.5 Å². The highest BCUT2D eigenvalue weighted by Crippen LogP contribution is 2.31. The van der Waals surface area contributed by atoms with Gasteiger partial charge in [-0.25, -0.2) is 0 Å². The van der Waals surface area contributed by atoms with Gasteiger partial charge in [-0.05, 0) is 97.8 Å². The van der Waals surface area contributed by atoms with Crippen molar-refractivity contribution in [3.63, 3.8) is 0 Å². The van der Waals surface area contributed by atoms with E-state index in [1.807, 2.05) is 98.8 Å². The molecule has 0 amide bonds. The maximum atomic E-state index is 6.01. The average molecular weight is 457 g/mol. The molecule has 0 unspecified atom stereocenters. The molecule has 4 aromatic rings. The van der Waals surface area contributed by atoms with Crippen molar-refractivity contribution >= 4 is 11.4 Å². The first-order valence-electron chi connectivity index (χ1n) is 10.9. The van der Waals surface area contributed by atoms with E-state index in [0.29, 0.717) is 0 Å². The van der Waals surface area contributed by atoms with E-state index in [-0.39, 0.29) is 0 Å². The summed E-state index contributed by atoms with van der Waals surface area (Å²) < 4.78 is 22.5. The second-order valence-electron chi connectivity index (χ2n) is 7.77. The first kappa shape index (κ1) is 22.9. The molecule has 4 aromatic carbocycles. The van der Waals surface area contributed by atoms with E-state index in [0.717, 1.165) is 57.0 Å². The highest BCUT2D eigenvalue weighted by Gasteiger charge is 2.06. The molecule has 174 valence electrons. The fourth-order valence-electron chi connectivity index (χ4n) is 3.39. The van der Waals surface area contributed by atoms with Gasteiger partial charge < -0.3 is 29.8 Å². The van der Waals surface area contributed by atoms with Crippen molar-refractivity contribution in [3.05, 3.63) is 96.1 Å². The van der Waals surface area contributed by atoms with Gasteiger partial charge in [0.2, 0.25) is 0 Å². The molecule has 0 aliphatic rings. The topological polar surface area (TPSA) is 61.0 Å². The van der Waals surface area contributed by atoms with Crippen LogP contribution in [-0.2, 0) is 0 Å². The van der Waals surface area contributed by atoms with Gasteiger partial charge in [0, 0.05) is 6.07 Å². The van der Waals surface area contributed by atoms with E-state index in [1.165, 1.54) is 0 Å². The fraction of sp³-hybridized carbons (Fsp3) is 0.143. The maximum absolute atomic E-state index is 6.01. The van der Waals surface area contributed by atoms with Gasteiger partial charge in [-0.2, -0.15) is 0 Å². The van der Waals surface area contributed by atoms with Crippen LogP contribution < -0.4 is 29.8 Å². The summed E-state index contributed by atoms with van der Waals surface area (Å²) in [5.74, 6) is 4.63. The average Bonchev–Trinajstić information content (AvgIpc) is 2.86. The molecular formula is C28H28N2O4. The summed E-state index contributed by atoms with van der Waals surface area (Å²) in [7, 11) is 3.28. The molecule has 4 rings (SSSR count). The minimum atomic E-state index is 0.730. The number of aryl methyl sites for hydroxylation is 2. The number of anilines is 2. The van der Waals surface area contributed by atoms with Crippen molar-refractivity contribution in [2.45, 2.75) is 13.8 Å². The van der Waals surface area contributed by atoms with E-state index < -0.39 is 0 Å². The molecule has 0 heterocycles. The van der Waals surface area contributed by atoms with Gasteiger partial charge in [0.15, 0.2) is 0 Å². The lowest BCUT2D eigenvalue weighted by Crippen LogP contribution is -2.09. The van der Waals surface area contributed by atoms with Crippen molar-refractivity contribution in [1.29, 1.82) is 0 Å². The molecule has 0 saturated heterocycles. The summed E-state index contributed by atoms with van der Waals surface area (Å²) >= 11 is 0. The Kier molecular flexibility index (Phi) is 7.08. The number of ether oxygens (including phenoxy) is 4. The number of hydrogen-bond donors (Lipinski definition) is 2. The van der Waals surface area contributed by atoms with E-state index in [4.69, 9.17) is 18.9 Å². The van der Waals surface area contributed by atoms with Crippen LogP contribution >= 0.6 is 0 Å². The lowest BCUT2D eigenvalue weighted by atomic mass is 10.2. The summed E-state index contributed by atoms with van der Waals surface area (Å²) in [4.78, 5) is 0. The zero-order valence-corrected chi connectivity index (χ0v) is 19.7. The van der Waals surface area contributed by atoms with Crippen molar-refractivity contribution < 1.29 is 18.9 Å². The first-order chi connectivity index (χ1) is 16.5. The fourth-order valence-corrected chi connectivity index (χ4v) is 3.39. The Morgan fingerprint density at radius 3 is 1.53 bits per heavy atom. The summed E-state index contributed by atoms with van der Waals surface area (Å²) in [6.45, 7) is 4.02. The Hall–Kier alpha value is -4.32. The molecule has 34 heavy (non-hydrogen) atoms. The van der Waals surface area contributed by atoms with Crippen molar-refractivity contribution in [2.24, 2.45) is 0 Å². The molecule has 6 nitrogen and oxygen atoms in total. The van der Waals surface area contributed by atoms with Crippen LogP contribution in [-0.4, -0.2) is 14.2 Å². The van der Waals surface area contributed by atoms with E-state index in [9.17, 15) is 0 Å². The number of hydrazine groups is 1. The third kappa shape index (κ3) is 5.72. The van der Waals surface area contributed by atoms with Crippen LogP contribution in [0, 0.1) is 13.8 Å². The Bertz CT molecular complexity index is 1260. The predicted octanol–water partition coefficient (Wildman–Crippen LogP) is 7.34. The molecule has 0 bridgehead atoms. The summed E-state index contributed by atoms with van der Waals surface area (Å²) in [6, 6.07) is 26.9. The molecule has 6 heteroatoms. The Morgan fingerprint density at radius 2 is 1.00 bits per heavy atom. The molecule has 0 aromatic heterocycles. The number of rotatable bonds is 9. The summed E-state index contributed by atoms with van der Waals surface area (Å²) in [5.41, 5.74) is 10.4. The zero-order valence-electron chi connectivity index (χ0n) is 19.7. The number of nitrogens with one attached hydrogen (secondary N) is 2. The van der Waals surface area contributed by atoms with Crippen LogP contribution in [0.25, 0.3) is 0 Å². The van der Waals surface area contributed by atoms with Crippen molar-refractivity contribution in [2.75, 3.05) is 25.1 Å². The SMILES string of the molecule is COc1ccc(Oc2ccc(NNc3ccc(Oc4cccc(OC)c4)c(C)c3)cc2C)cc1. The number of hydrogen-bond acceptors (Lipinski definition) is 6. The van der Waals surface area contributed by atoms with Gasteiger partial charge in [0.25, 0.3) is 0 Å². The lowest BCUT2D eigenvalue weighted by molar-refractivity contribution is 0.409. The van der Waals surface area contributed by atoms with E-state index in [2.05, 4.69) is 10.9 Å². The van der Waals surface area contributed by atoms with Crippen LogP contribution in [0.1, 0.15) is 11.1 Å². The Labute approximate surface area is 200 Å². The van der Waals surface area contributed by atoms with Crippen LogP contribution in [0.15, 0.2) is 84.9 Å². The van der Waals surface area contributed by atoms with Crippen molar-refractivity contribution in [1.82, 2.24) is 0 Å². The van der Waals surface area contributed by atoms with Gasteiger partial charge in [-0.3, -0.25) is 0 Å². The van der Waals surface area contributed by atoms with E-state index >= 15 is 0 Å². The largest absolute Gasteiger partial charge is 0.497 e. The third-order valence-corrected chi connectivity index (χ3v) is 5.26. The second-order valence-corrected chi connectivity index (χ2v) is 7.77. The number of benzene rings is 4. The molecule has 0 aliphatic carbocycles. The normalized spacial score (nSPS) is 10.4. The minimum Gasteiger partial charge on any atom is -0.497 e. The zero-order chi connectivity index (χ0) is 23.9. The summed E-state index contributed by atoms with van der Waals surface area (Å²) in [6.07, 6.45) is 0. The molecule has 0 saturated carbocycles. The minimum absolute atomic E-state index is 0.730. The number of methoxy groups -OCH3 is 2.